The van der Waals surface area contributed by atoms with Gasteiger partial charge in [-0.1, -0.05) is 18.2 Å². The highest BCUT2D eigenvalue weighted by molar-refractivity contribution is 7.09. The molecule has 0 bridgehead atoms. The van der Waals surface area contributed by atoms with Crippen molar-refractivity contribution in [2.75, 3.05) is 0 Å². The fraction of sp³-hybridized carbons (Fsp3) is 0.0769. The van der Waals surface area contributed by atoms with E-state index in [1.54, 1.807) is 24.3 Å². The van der Waals surface area contributed by atoms with E-state index in [0.29, 0.717) is 11.1 Å². The molecule has 1 aliphatic rings. The molecule has 1 aromatic heterocycles. The number of imide groups is 1. The highest BCUT2D eigenvalue weighted by Gasteiger charge is 2.36. The van der Waals surface area contributed by atoms with Crippen LogP contribution < -0.4 is 0 Å². The molecule has 0 N–H and O–H groups in total. The fourth-order valence-electron chi connectivity index (χ4n) is 1.81. The fourth-order valence-corrected chi connectivity index (χ4v) is 2.42. The van der Waals surface area contributed by atoms with E-state index >= 15 is 0 Å². The lowest BCUT2D eigenvalue weighted by Crippen LogP contribution is -2.29. The van der Waals surface area contributed by atoms with Crippen LogP contribution in [0.5, 0.6) is 0 Å². The molecule has 18 heavy (non-hydrogen) atoms. The summed E-state index contributed by atoms with van der Waals surface area (Å²) in [5, 5.41) is 2.76. The molecule has 0 radical (unpaired) electrons. The number of carbonyl (C=O) groups is 2. The largest absolute Gasteiger partial charge is 0.285 e. The molecule has 0 saturated carbocycles. The molecule has 5 heteroatoms. The Morgan fingerprint density at radius 3 is 2.22 bits per heavy atom. The summed E-state index contributed by atoms with van der Waals surface area (Å²) in [4.78, 5) is 30.2. The van der Waals surface area contributed by atoms with Crippen molar-refractivity contribution in [2.24, 2.45) is 0 Å². The number of hydrogen-bond acceptors (Lipinski definition) is 4. The quantitative estimate of drug-likeness (QED) is 0.795. The molecule has 0 atom stereocenters. The number of thiophene rings is 1. The molecule has 2 heterocycles. The van der Waals surface area contributed by atoms with Crippen molar-refractivity contribution in [1.29, 1.82) is 0 Å². The van der Waals surface area contributed by atoms with E-state index in [9.17, 15) is 9.59 Å². The third kappa shape index (κ3) is 1.73. The number of nitrogens with zero attached hydrogens (tertiary/aromatic N) is 1. The number of carbonyl (C=O) groups excluding carboxylic acids is 2. The van der Waals surface area contributed by atoms with Crippen LogP contribution in [0, 0.1) is 0 Å². The van der Waals surface area contributed by atoms with Crippen LogP contribution in [-0.2, 0) is 11.4 Å². The summed E-state index contributed by atoms with van der Waals surface area (Å²) in [5.41, 5.74) is 0.794. The van der Waals surface area contributed by atoms with Crippen LogP contribution >= 0.6 is 11.3 Å². The maximum absolute atomic E-state index is 12.0. The van der Waals surface area contributed by atoms with Crippen molar-refractivity contribution >= 4 is 23.2 Å². The van der Waals surface area contributed by atoms with E-state index in [0.717, 1.165) is 9.94 Å². The Morgan fingerprint density at radius 1 is 1.00 bits per heavy atom. The third-order valence-corrected chi connectivity index (χ3v) is 3.52. The predicted molar refractivity (Wildman–Crippen MR) is 66.1 cm³/mol. The van der Waals surface area contributed by atoms with E-state index < -0.39 is 11.8 Å². The smallest absolute Gasteiger partial charge is 0.266 e. The van der Waals surface area contributed by atoms with Crippen molar-refractivity contribution in [3.05, 3.63) is 57.8 Å². The minimum absolute atomic E-state index is 0.225. The van der Waals surface area contributed by atoms with Gasteiger partial charge in [0.15, 0.2) is 0 Å². The molecule has 0 spiro atoms. The Kier molecular flexibility index (Phi) is 2.70. The predicted octanol–water partition coefficient (Wildman–Crippen LogP) is 2.48. The lowest BCUT2D eigenvalue weighted by atomic mass is 10.1. The van der Waals surface area contributed by atoms with Gasteiger partial charge in [0.2, 0.25) is 0 Å². The monoisotopic (exact) mass is 259 g/mol. The normalized spacial score (nSPS) is 14.1. The first-order chi connectivity index (χ1) is 8.77. The molecule has 2 amide bonds. The number of hydroxylamine groups is 2. The summed E-state index contributed by atoms with van der Waals surface area (Å²) in [7, 11) is 0. The molecule has 4 nitrogen and oxygen atoms in total. The van der Waals surface area contributed by atoms with Crippen LogP contribution in [-0.4, -0.2) is 16.9 Å². The Labute approximate surface area is 107 Å². The molecule has 2 aromatic rings. The minimum atomic E-state index is -0.396. The number of hydrogen-bond donors (Lipinski definition) is 0. The summed E-state index contributed by atoms with van der Waals surface area (Å²) in [6.45, 7) is 0.225. The van der Waals surface area contributed by atoms with Gasteiger partial charge in [-0.05, 0) is 23.6 Å². The van der Waals surface area contributed by atoms with Crippen molar-refractivity contribution in [3.63, 3.8) is 0 Å². The van der Waals surface area contributed by atoms with Crippen molar-refractivity contribution in [2.45, 2.75) is 6.61 Å². The molecule has 1 aromatic carbocycles. The lowest BCUT2D eigenvalue weighted by molar-refractivity contribution is -0.0998. The summed E-state index contributed by atoms with van der Waals surface area (Å²) >= 11 is 1.52. The van der Waals surface area contributed by atoms with Crippen LogP contribution in [0.2, 0.25) is 0 Å². The summed E-state index contributed by atoms with van der Waals surface area (Å²) in [6, 6.07) is 10.5. The third-order valence-electron chi connectivity index (χ3n) is 2.67. The summed E-state index contributed by atoms with van der Waals surface area (Å²) in [5.74, 6) is -0.792. The van der Waals surface area contributed by atoms with E-state index in [1.807, 2.05) is 17.5 Å². The average Bonchev–Trinajstić information content (AvgIpc) is 2.98. The van der Waals surface area contributed by atoms with Gasteiger partial charge >= 0.3 is 0 Å². The molecular formula is C13H9NO3S. The van der Waals surface area contributed by atoms with E-state index in [4.69, 9.17) is 4.84 Å². The van der Waals surface area contributed by atoms with Crippen LogP contribution in [0.25, 0.3) is 0 Å². The number of amides is 2. The first-order valence-electron chi connectivity index (χ1n) is 5.40. The Bertz CT molecular complexity index is 571. The first kappa shape index (κ1) is 11.1. The standard InChI is InChI=1S/C13H9NO3S/c15-12-10-5-1-2-6-11(10)13(16)14(12)17-8-9-4-3-7-18-9/h1-7H,8H2. The Morgan fingerprint density at radius 2 is 1.67 bits per heavy atom. The van der Waals surface area contributed by atoms with Crippen molar-refractivity contribution in [1.82, 2.24) is 5.06 Å². The van der Waals surface area contributed by atoms with Gasteiger partial charge in [0.05, 0.1) is 11.1 Å². The summed E-state index contributed by atoms with van der Waals surface area (Å²) in [6.07, 6.45) is 0. The SMILES string of the molecule is O=C1c2ccccc2C(=O)N1OCc1cccs1. The number of benzene rings is 1. The van der Waals surface area contributed by atoms with Crippen LogP contribution in [0.15, 0.2) is 41.8 Å². The number of rotatable bonds is 3. The van der Waals surface area contributed by atoms with Crippen LogP contribution in [0.4, 0.5) is 0 Å². The highest BCUT2D eigenvalue weighted by atomic mass is 32.1. The number of fused-ring (bicyclic) bond motifs is 1. The van der Waals surface area contributed by atoms with E-state index in [-0.39, 0.29) is 6.61 Å². The van der Waals surface area contributed by atoms with Crippen molar-refractivity contribution < 1.29 is 14.4 Å². The van der Waals surface area contributed by atoms with Gasteiger partial charge in [-0.3, -0.25) is 14.4 Å². The topological polar surface area (TPSA) is 46.6 Å². The van der Waals surface area contributed by atoms with Crippen molar-refractivity contribution in [3.8, 4) is 0 Å². The zero-order valence-corrected chi connectivity index (χ0v) is 10.1. The van der Waals surface area contributed by atoms with Gasteiger partial charge < -0.3 is 0 Å². The molecular weight excluding hydrogens is 250 g/mol. The van der Waals surface area contributed by atoms with Gasteiger partial charge in [0.1, 0.15) is 6.61 Å². The molecule has 1 aliphatic heterocycles. The zero-order valence-electron chi connectivity index (χ0n) is 9.33. The molecule has 3 rings (SSSR count). The second-order valence-corrected chi connectivity index (χ2v) is 4.84. The van der Waals surface area contributed by atoms with Gasteiger partial charge in [-0.25, -0.2) is 0 Å². The van der Waals surface area contributed by atoms with E-state index in [2.05, 4.69) is 0 Å². The maximum Gasteiger partial charge on any atom is 0.285 e. The average molecular weight is 259 g/mol. The zero-order chi connectivity index (χ0) is 12.5. The van der Waals surface area contributed by atoms with Gasteiger partial charge in [-0.15, -0.1) is 16.4 Å². The molecule has 90 valence electrons. The van der Waals surface area contributed by atoms with Crippen LogP contribution in [0.1, 0.15) is 25.6 Å². The first-order valence-corrected chi connectivity index (χ1v) is 6.28. The Hall–Kier alpha value is -1.98. The second kappa shape index (κ2) is 4.36. The van der Waals surface area contributed by atoms with E-state index in [1.165, 1.54) is 11.3 Å². The summed E-state index contributed by atoms with van der Waals surface area (Å²) < 4.78 is 0. The van der Waals surface area contributed by atoms with Gasteiger partial charge in [-0.2, -0.15) is 0 Å². The Balaban J connectivity index is 1.80. The molecule has 0 aliphatic carbocycles. The highest BCUT2D eigenvalue weighted by Crippen LogP contribution is 2.23. The van der Waals surface area contributed by atoms with Gasteiger partial charge in [0, 0.05) is 4.88 Å². The molecule has 0 unspecified atom stereocenters. The second-order valence-electron chi connectivity index (χ2n) is 3.80. The minimum Gasteiger partial charge on any atom is -0.266 e. The van der Waals surface area contributed by atoms with Gasteiger partial charge in [0.25, 0.3) is 11.8 Å². The lowest BCUT2D eigenvalue weighted by Gasteiger charge is -2.12. The maximum atomic E-state index is 12.0. The molecule has 0 saturated heterocycles. The van der Waals surface area contributed by atoms with Crippen LogP contribution in [0.3, 0.4) is 0 Å². The molecule has 0 fully saturated rings.